The van der Waals surface area contributed by atoms with Crippen LogP contribution in [0.5, 0.6) is 11.5 Å². The Morgan fingerprint density at radius 1 is 0.773 bits per heavy atom. The molecule has 0 saturated carbocycles. The van der Waals surface area contributed by atoms with Crippen LogP contribution in [0, 0.1) is 0 Å². The molecule has 0 fully saturated rings. The Balaban J connectivity index is 2.04. The van der Waals surface area contributed by atoms with Crippen LogP contribution in [0.15, 0.2) is 58.4 Å². The van der Waals surface area contributed by atoms with E-state index >= 15 is 0 Å². The van der Waals surface area contributed by atoms with Gasteiger partial charge in [-0.3, -0.25) is 0 Å². The topological polar surface area (TPSA) is 18.5 Å². The van der Waals surface area contributed by atoms with Crippen molar-refractivity contribution in [2.75, 3.05) is 14.2 Å². The second-order valence-electron chi connectivity index (χ2n) is 4.75. The summed E-state index contributed by atoms with van der Waals surface area (Å²) in [5.41, 5.74) is 3.57. The van der Waals surface area contributed by atoms with Gasteiger partial charge in [0.2, 0.25) is 0 Å². The lowest BCUT2D eigenvalue weighted by Gasteiger charge is -2.06. The highest BCUT2D eigenvalue weighted by Gasteiger charge is 2.12. The monoisotopic (exact) mass is 374 g/mol. The van der Waals surface area contributed by atoms with Gasteiger partial charge >= 0.3 is 0 Å². The Morgan fingerprint density at radius 3 is 1.77 bits per heavy atom. The molecule has 1 aromatic heterocycles. The fraction of sp³-hybridized carbons (Fsp3) is 0.111. The minimum Gasteiger partial charge on any atom is -0.497 e. The van der Waals surface area contributed by atoms with Crippen LogP contribution < -0.4 is 9.47 Å². The number of hydrogen-bond acceptors (Lipinski definition) is 3. The third kappa shape index (κ3) is 3.03. The fourth-order valence-corrected chi connectivity index (χ4v) is 3.93. The van der Waals surface area contributed by atoms with Gasteiger partial charge in [0.1, 0.15) is 11.5 Å². The van der Waals surface area contributed by atoms with E-state index in [4.69, 9.17) is 9.47 Å². The van der Waals surface area contributed by atoms with Crippen LogP contribution in [0.4, 0.5) is 0 Å². The molecule has 22 heavy (non-hydrogen) atoms. The smallest absolute Gasteiger partial charge is 0.118 e. The van der Waals surface area contributed by atoms with Gasteiger partial charge in [-0.2, -0.15) is 0 Å². The summed E-state index contributed by atoms with van der Waals surface area (Å²) in [6.45, 7) is 0. The lowest BCUT2D eigenvalue weighted by molar-refractivity contribution is 0.414. The number of benzene rings is 2. The predicted octanol–water partition coefficient (Wildman–Crippen LogP) is 5.86. The first-order valence-electron chi connectivity index (χ1n) is 6.79. The van der Waals surface area contributed by atoms with Crippen LogP contribution in [0.3, 0.4) is 0 Å². The van der Waals surface area contributed by atoms with E-state index in [0.29, 0.717) is 0 Å². The Labute approximate surface area is 142 Å². The predicted molar refractivity (Wildman–Crippen MR) is 96.0 cm³/mol. The minimum atomic E-state index is 0.865. The van der Waals surface area contributed by atoms with Gasteiger partial charge in [-0.15, -0.1) is 11.3 Å². The maximum absolute atomic E-state index is 5.23. The summed E-state index contributed by atoms with van der Waals surface area (Å²) in [5.74, 6) is 1.73. The molecule has 0 aliphatic carbocycles. The van der Waals surface area contributed by atoms with Crippen LogP contribution in [-0.4, -0.2) is 14.2 Å². The molecule has 0 bridgehead atoms. The Kier molecular flexibility index (Phi) is 4.50. The molecule has 3 rings (SSSR count). The minimum absolute atomic E-state index is 0.865. The van der Waals surface area contributed by atoms with Gasteiger partial charge in [0, 0.05) is 10.4 Å². The summed E-state index contributed by atoms with van der Waals surface area (Å²) in [7, 11) is 3.36. The van der Waals surface area contributed by atoms with E-state index in [2.05, 4.69) is 46.3 Å². The standard InChI is InChI=1S/C18H15BrO2S/c1-20-14-7-3-12(4-8-14)16-11-17(19)22-18(16)13-5-9-15(21-2)10-6-13/h3-11H,1-2H3. The highest BCUT2D eigenvalue weighted by Crippen LogP contribution is 2.42. The summed E-state index contributed by atoms with van der Waals surface area (Å²) in [4.78, 5) is 1.24. The van der Waals surface area contributed by atoms with E-state index < -0.39 is 0 Å². The van der Waals surface area contributed by atoms with E-state index in [0.717, 1.165) is 15.3 Å². The molecule has 2 nitrogen and oxygen atoms in total. The van der Waals surface area contributed by atoms with Crippen molar-refractivity contribution in [2.24, 2.45) is 0 Å². The zero-order chi connectivity index (χ0) is 15.5. The highest BCUT2D eigenvalue weighted by atomic mass is 79.9. The number of ether oxygens (including phenoxy) is 2. The first kappa shape index (κ1) is 15.1. The van der Waals surface area contributed by atoms with Crippen LogP contribution in [0.25, 0.3) is 21.6 Å². The molecule has 0 aliphatic heterocycles. The van der Waals surface area contributed by atoms with Gasteiger partial charge in [0.05, 0.1) is 18.0 Å². The Bertz CT molecular complexity index is 696. The van der Waals surface area contributed by atoms with E-state index in [1.54, 1.807) is 25.6 Å². The molecule has 0 aliphatic rings. The van der Waals surface area contributed by atoms with Crippen molar-refractivity contribution < 1.29 is 9.47 Å². The van der Waals surface area contributed by atoms with Gasteiger partial charge in [0.15, 0.2) is 0 Å². The van der Waals surface area contributed by atoms with Crippen molar-refractivity contribution in [3.63, 3.8) is 0 Å². The second-order valence-corrected chi connectivity index (χ2v) is 7.18. The average molecular weight is 375 g/mol. The molecular formula is C18H15BrO2S. The van der Waals surface area contributed by atoms with E-state index in [9.17, 15) is 0 Å². The molecule has 0 radical (unpaired) electrons. The number of thiophene rings is 1. The zero-order valence-electron chi connectivity index (χ0n) is 12.3. The quantitative estimate of drug-likeness (QED) is 0.569. The summed E-state index contributed by atoms with van der Waals surface area (Å²) < 4.78 is 11.6. The molecular weight excluding hydrogens is 360 g/mol. The highest BCUT2D eigenvalue weighted by molar-refractivity contribution is 9.11. The van der Waals surface area contributed by atoms with Gasteiger partial charge in [0.25, 0.3) is 0 Å². The molecule has 0 unspecified atom stereocenters. The molecule has 0 amide bonds. The van der Waals surface area contributed by atoms with E-state index in [-0.39, 0.29) is 0 Å². The molecule has 3 aromatic rings. The van der Waals surface area contributed by atoms with Crippen LogP contribution >= 0.6 is 27.3 Å². The van der Waals surface area contributed by atoms with Crippen molar-refractivity contribution in [1.29, 1.82) is 0 Å². The van der Waals surface area contributed by atoms with Gasteiger partial charge in [-0.1, -0.05) is 12.1 Å². The maximum atomic E-state index is 5.23. The van der Waals surface area contributed by atoms with Crippen LogP contribution in [0.1, 0.15) is 0 Å². The van der Waals surface area contributed by atoms with Crippen molar-refractivity contribution >= 4 is 27.3 Å². The molecule has 1 heterocycles. The molecule has 0 N–H and O–H groups in total. The molecule has 0 atom stereocenters. The molecule has 0 spiro atoms. The number of halogens is 1. The van der Waals surface area contributed by atoms with E-state index in [1.165, 1.54) is 21.6 Å². The average Bonchev–Trinajstić information content (AvgIpc) is 2.97. The fourth-order valence-electron chi connectivity index (χ4n) is 2.30. The lowest BCUT2D eigenvalue weighted by atomic mass is 10.0. The third-order valence-electron chi connectivity index (χ3n) is 3.46. The van der Waals surface area contributed by atoms with Crippen LogP contribution in [0.2, 0.25) is 0 Å². The first-order valence-corrected chi connectivity index (χ1v) is 8.40. The van der Waals surface area contributed by atoms with Gasteiger partial charge < -0.3 is 9.47 Å². The third-order valence-corrected chi connectivity index (χ3v) is 5.14. The number of methoxy groups -OCH3 is 2. The SMILES string of the molecule is COc1ccc(-c2cc(Br)sc2-c2ccc(OC)cc2)cc1. The first-order chi connectivity index (χ1) is 10.7. The normalized spacial score (nSPS) is 10.5. The second kappa shape index (κ2) is 6.55. The summed E-state index contributed by atoms with van der Waals surface area (Å²) in [6.07, 6.45) is 0. The Hall–Kier alpha value is -1.78. The maximum Gasteiger partial charge on any atom is 0.118 e. The van der Waals surface area contributed by atoms with E-state index in [1.807, 2.05) is 24.3 Å². The number of hydrogen-bond donors (Lipinski definition) is 0. The summed E-state index contributed by atoms with van der Waals surface area (Å²) in [6, 6.07) is 18.4. The van der Waals surface area contributed by atoms with Crippen LogP contribution in [-0.2, 0) is 0 Å². The molecule has 0 saturated heterocycles. The largest absolute Gasteiger partial charge is 0.497 e. The molecule has 112 valence electrons. The molecule has 4 heteroatoms. The van der Waals surface area contributed by atoms with Crippen molar-refractivity contribution in [1.82, 2.24) is 0 Å². The molecule has 2 aromatic carbocycles. The summed E-state index contributed by atoms with van der Waals surface area (Å²) in [5, 5.41) is 0. The van der Waals surface area contributed by atoms with Crippen molar-refractivity contribution in [2.45, 2.75) is 0 Å². The zero-order valence-corrected chi connectivity index (χ0v) is 14.7. The Morgan fingerprint density at radius 2 is 1.27 bits per heavy atom. The van der Waals surface area contributed by atoms with Gasteiger partial charge in [-0.05, 0) is 69.5 Å². The van der Waals surface area contributed by atoms with Crippen molar-refractivity contribution in [3.8, 4) is 33.1 Å². The lowest BCUT2D eigenvalue weighted by Crippen LogP contribution is -1.84. The summed E-state index contributed by atoms with van der Waals surface area (Å²) >= 11 is 5.33. The van der Waals surface area contributed by atoms with Gasteiger partial charge in [-0.25, -0.2) is 0 Å². The number of rotatable bonds is 4. The van der Waals surface area contributed by atoms with Crippen molar-refractivity contribution in [3.05, 3.63) is 58.4 Å².